The van der Waals surface area contributed by atoms with Crippen molar-refractivity contribution in [2.75, 3.05) is 0 Å². The van der Waals surface area contributed by atoms with E-state index in [0.29, 0.717) is 0 Å². The van der Waals surface area contributed by atoms with E-state index in [-0.39, 0.29) is 5.78 Å². The van der Waals surface area contributed by atoms with Crippen LogP contribution in [-0.4, -0.2) is 15.3 Å². The molecule has 0 bridgehead atoms. The van der Waals surface area contributed by atoms with Gasteiger partial charge < -0.3 is 4.57 Å². The number of carbonyl (C=O) groups is 1. The molecular weight excluding hydrogens is 196 g/mol. The number of Topliss-reactive ketones (excluding diaryl/α,β-unsaturated/α-hetero) is 1. The number of hydrogen-bond donors (Lipinski definition) is 0. The lowest BCUT2D eigenvalue weighted by Crippen LogP contribution is -1.94. The predicted octanol–water partition coefficient (Wildman–Crippen LogP) is 2.20. The average Bonchev–Trinajstić information content (AvgIpc) is 2.75. The van der Waals surface area contributed by atoms with Crippen LogP contribution in [0.3, 0.4) is 0 Å². The Morgan fingerprint density at radius 2 is 2.21 bits per heavy atom. The van der Waals surface area contributed by atoms with Gasteiger partial charge in [-0.1, -0.05) is 0 Å². The first-order chi connectivity index (χ1) is 6.75. The number of rotatable bonds is 3. The number of carbonyl (C=O) groups excluding carboxylic acids is 1. The fourth-order valence-electron chi connectivity index (χ4n) is 1.18. The van der Waals surface area contributed by atoms with Crippen molar-refractivity contribution in [2.24, 2.45) is 0 Å². The van der Waals surface area contributed by atoms with Crippen LogP contribution in [0.5, 0.6) is 0 Å². The molecule has 4 heteroatoms. The first kappa shape index (κ1) is 9.15. The molecule has 2 aromatic rings. The van der Waals surface area contributed by atoms with Gasteiger partial charge in [0.2, 0.25) is 0 Å². The minimum absolute atomic E-state index is 0.0845. The van der Waals surface area contributed by atoms with Crippen LogP contribution in [0, 0.1) is 0 Å². The van der Waals surface area contributed by atoms with Crippen molar-refractivity contribution in [1.29, 1.82) is 0 Å². The Morgan fingerprint density at radius 3 is 2.79 bits per heavy atom. The predicted molar refractivity (Wildman–Crippen MR) is 55.7 cm³/mol. The molecular formula is C10H10N2OS. The second kappa shape index (κ2) is 3.75. The lowest BCUT2D eigenvalue weighted by atomic mass is 10.4. The third kappa shape index (κ3) is 1.90. The highest BCUT2D eigenvalue weighted by Gasteiger charge is 2.05. The fraction of sp³-hybridized carbons (Fsp3) is 0.200. The lowest BCUT2D eigenvalue weighted by molar-refractivity contribution is 0.102. The molecule has 2 aromatic heterocycles. The van der Waals surface area contributed by atoms with Gasteiger partial charge in [-0.3, -0.25) is 4.79 Å². The zero-order valence-corrected chi connectivity index (χ0v) is 8.62. The maximum Gasteiger partial charge on any atom is 0.171 e. The van der Waals surface area contributed by atoms with Crippen molar-refractivity contribution < 1.29 is 4.79 Å². The zero-order valence-electron chi connectivity index (χ0n) is 7.80. The van der Waals surface area contributed by atoms with Gasteiger partial charge in [0.05, 0.1) is 11.4 Å². The fourth-order valence-corrected chi connectivity index (χ4v) is 2.00. The second-order valence-electron chi connectivity index (χ2n) is 3.03. The monoisotopic (exact) mass is 206 g/mol. The minimum atomic E-state index is 0.0845. The summed E-state index contributed by atoms with van der Waals surface area (Å²) in [6.45, 7) is 2.30. The normalized spacial score (nSPS) is 10.4. The molecule has 0 amide bonds. The Morgan fingerprint density at radius 1 is 1.50 bits per heavy atom. The van der Waals surface area contributed by atoms with Crippen LogP contribution in [0.25, 0.3) is 0 Å². The molecule has 0 N–H and O–H groups in total. The highest BCUT2D eigenvalue weighted by atomic mass is 32.1. The molecule has 72 valence electrons. The quantitative estimate of drug-likeness (QED) is 0.721. The van der Waals surface area contributed by atoms with Crippen LogP contribution >= 0.6 is 11.3 Å². The van der Waals surface area contributed by atoms with Crippen molar-refractivity contribution >= 4 is 17.1 Å². The zero-order chi connectivity index (χ0) is 9.97. The Bertz CT molecular complexity index is 431. The summed E-state index contributed by atoms with van der Waals surface area (Å²) in [5.41, 5.74) is 0. The number of ketones is 1. The molecule has 14 heavy (non-hydrogen) atoms. The van der Waals surface area contributed by atoms with E-state index in [2.05, 4.69) is 4.98 Å². The van der Waals surface area contributed by atoms with Crippen molar-refractivity contribution in [3.05, 3.63) is 40.6 Å². The molecule has 0 saturated carbocycles. The summed E-state index contributed by atoms with van der Waals surface area (Å²) < 4.78 is 2.03. The van der Waals surface area contributed by atoms with Crippen LogP contribution < -0.4 is 0 Å². The van der Waals surface area contributed by atoms with Crippen molar-refractivity contribution in [3.63, 3.8) is 0 Å². The van der Waals surface area contributed by atoms with E-state index in [1.807, 2.05) is 29.1 Å². The molecule has 0 aliphatic rings. The third-order valence-electron chi connectivity index (χ3n) is 1.88. The standard InChI is InChI=1S/C10H10N2OS/c1-8(13)9-6-11-10(14-9)7-12-4-2-3-5-12/h2-6H,7H2,1H3. The molecule has 0 aliphatic carbocycles. The molecule has 0 spiro atoms. The molecule has 2 rings (SSSR count). The maximum atomic E-state index is 11.0. The smallest absolute Gasteiger partial charge is 0.171 e. The highest BCUT2D eigenvalue weighted by molar-refractivity contribution is 7.13. The molecule has 0 unspecified atom stereocenters. The summed E-state index contributed by atoms with van der Waals surface area (Å²) >= 11 is 1.46. The Kier molecular flexibility index (Phi) is 2.45. The van der Waals surface area contributed by atoms with E-state index >= 15 is 0 Å². The van der Waals surface area contributed by atoms with E-state index in [4.69, 9.17) is 0 Å². The van der Waals surface area contributed by atoms with E-state index in [1.54, 1.807) is 13.1 Å². The van der Waals surface area contributed by atoms with E-state index in [1.165, 1.54) is 11.3 Å². The van der Waals surface area contributed by atoms with Gasteiger partial charge in [-0.05, 0) is 12.1 Å². The number of thiazole rings is 1. The summed E-state index contributed by atoms with van der Waals surface area (Å²) in [6, 6.07) is 3.94. The van der Waals surface area contributed by atoms with Gasteiger partial charge in [0.1, 0.15) is 5.01 Å². The summed E-state index contributed by atoms with van der Waals surface area (Å²) in [5, 5.41) is 0.964. The van der Waals surface area contributed by atoms with Gasteiger partial charge in [0, 0.05) is 25.5 Å². The van der Waals surface area contributed by atoms with E-state index in [9.17, 15) is 4.79 Å². The van der Waals surface area contributed by atoms with Gasteiger partial charge in [-0.2, -0.15) is 0 Å². The van der Waals surface area contributed by atoms with Crippen molar-refractivity contribution in [1.82, 2.24) is 9.55 Å². The molecule has 0 fully saturated rings. The third-order valence-corrected chi connectivity index (χ3v) is 2.97. The molecule has 3 nitrogen and oxygen atoms in total. The molecule has 2 heterocycles. The molecule has 0 atom stereocenters. The van der Waals surface area contributed by atoms with Crippen LogP contribution in [0.15, 0.2) is 30.7 Å². The SMILES string of the molecule is CC(=O)c1cnc(Cn2cccc2)s1. The number of nitrogens with zero attached hydrogens (tertiary/aromatic N) is 2. The number of hydrogen-bond acceptors (Lipinski definition) is 3. The summed E-state index contributed by atoms with van der Waals surface area (Å²) in [5.74, 6) is 0.0845. The first-order valence-electron chi connectivity index (χ1n) is 4.32. The molecule has 0 aromatic carbocycles. The van der Waals surface area contributed by atoms with Gasteiger partial charge in [0.15, 0.2) is 5.78 Å². The van der Waals surface area contributed by atoms with E-state index < -0.39 is 0 Å². The lowest BCUT2D eigenvalue weighted by Gasteiger charge is -1.96. The van der Waals surface area contributed by atoms with Crippen LogP contribution in [-0.2, 0) is 6.54 Å². The minimum Gasteiger partial charge on any atom is -0.347 e. The largest absolute Gasteiger partial charge is 0.347 e. The van der Waals surface area contributed by atoms with Crippen molar-refractivity contribution in [3.8, 4) is 0 Å². The number of aromatic nitrogens is 2. The van der Waals surface area contributed by atoms with Crippen LogP contribution in [0.2, 0.25) is 0 Å². The molecule has 0 aliphatic heterocycles. The molecule has 0 saturated heterocycles. The maximum absolute atomic E-state index is 11.0. The van der Waals surface area contributed by atoms with Crippen LogP contribution in [0.4, 0.5) is 0 Å². The Balaban J connectivity index is 2.14. The Labute approximate surface area is 86.0 Å². The summed E-state index contributed by atoms with van der Waals surface area (Å²) in [7, 11) is 0. The van der Waals surface area contributed by atoms with Gasteiger partial charge in [-0.25, -0.2) is 4.98 Å². The molecule has 0 radical (unpaired) electrons. The first-order valence-corrected chi connectivity index (χ1v) is 5.14. The highest BCUT2D eigenvalue weighted by Crippen LogP contribution is 2.14. The topological polar surface area (TPSA) is 34.9 Å². The second-order valence-corrected chi connectivity index (χ2v) is 4.15. The summed E-state index contributed by atoms with van der Waals surface area (Å²) in [4.78, 5) is 15.9. The van der Waals surface area contributed by atoms with E-state index in [0.717, 1.165) is 16.4 Å². The average molecular weight is 206 g/mol. The van der Waals surface area contributed by atoms with Gasteiger partial charge >= 0.3 is 0 Å². The van der Waals surface area contributed by atoms with Crippen LogP contribution in [0.1, 0.15) is 21.6 Å². The summed E-state index contributed by atoms with van der Waals surface area (Å²) in [6.07, 6.45) is 5.61. The Hall–Kier alpha value is -1.42. The van der Waals surface area contributed by atoms with Gasteiger partial charge in [0.25, 0.3) is 0 Å². The van der Waals surface area contributed by atoms with Crippen molar-refractivity contribution in [2.45, 2.75) is 13.5 Å². The van der Waals surface area contributed by atoms with Gasteiger partial charge in [-0.15, -0.1) is 11.3 Å².